The van der Waals surface area contributed by atoms with Crippen LogP contribution in [0.2, 0.25) is 0 Å². The Morgan fingerprint density at radius 3 is 2.61 bits per heavy atom. The lowest BCUT2D eigenvalue weighted by molar-refractivity contribution is 0.165. The lowest BCUT2D eigenvalue weighted by Gasteiger charge is -2.31. The van der Waals surface area contributed by atoms with Gasteiger partial charge in [0.15, 0.2) is 0 Å². The Morgan fingerprint density at radius 2 is 1.87 bits per heavy atom. The average Bonchev–Trinajstić information content (AvgIpc) is 3.20. The second kappa shape index (κ2) is 9.06. The number of benzene rings is 2. The van der Waals surface area contributed by atoms with Crippen LogP contribution in [0.5, 0.6) is 0 Å². The number of fused-ring (bicyclic) bond motifs is 1. The quantitative estimate of drug-likeness (QED) is 0.524. The highest BCUT2D eigenvalue weighted by Gasteiger charge is 2.40. The first-order chi connectivity index (χ1) is 14.9. The van der Waals surface area contributed by atoms with E-state index < -0.39 is 20.4 Å². The fraction of sp³-hybridized carbons (Fsp3) is 0.333. The molecule has 2 aromatic carbocycles. The van der Waals surface area contributed by atoms with Crippen molar-refractivity contribution < 1.29 is 17.9 Å². The maximum atomic E-state index is 13.2. The number of imidazole rings is 1. The number of aryl methyl sites for hydroxylation is 2. The summed E-state index contributed by atoms with van der Waals surface area (Å²) < 4.78 is 33.7. The fourth-order valence-corrected chi connectivity index (χ4v) is 5.79. The monoisotopic (exact) mass is 438 g/mol. The van der Waals surface area contributed by atoms with Gasteiger partial charge in [-0.25, -0.2) is 18.2 Å². The molecule has 4 rings (SSSR count). The standard InChI is InChI=1S/C24H26N2O4S/c1-18-25-12-14-26(18)13-11-20-15-21-9-5-6-10-22(21)23(16-20)31(28,29)24(27)30-17-19-7-3-2-4-8-19/h2-10,12,14,20,23H,11,13,15-17H2,1H3/t20-,23?/m1/s1. The van der Waals surface area contributed by atoms with Crippen molar-refractivity contribution >= 4 is 15.1 Å². The topological polar surface area (TPSA) is 78.3 Å². The number of rotatable bonds is 6. The van der Waals surface area contributed by atoms with E-state index in [-0.39, 0.29) is 12.5 Å². The maximum absolute atomic E-state index is 13.2. The highest BCUT2D eigenvalue weighted by atomic mass is 32.2. The van der Waals surface area contributed by atoms with E-state index in [9.17, 15) is 13.2 Å². The van der Waals surface area contributed by atoms with Crippen molar-refractivity contribution in [3.05, 3.63) is 89.5 Å². The second-order valence-corrected chi connectivity index (χ2v) is 10.0. The van der Waals surface area contributed by atoms with E-state index in [0.29, 0.717) is 12.0 Å². The van der Waals surface area contributed by atoms with Gasteiger partial charge < -0.3 is 9.30 Å². The van der Waals surface area contributed by atoms with E-state index >= 15 is 0 Å². The zero-order chi connectivity index (χ0) is 21.8. The van der Waals surface area contributed by atoms with Crippen molar-refractivity contribution in [2.24, 2.45) is 5.92 Å². The smallest absolute Gasteiger partial charge is 0.425 e. The zero-order valence-corrected chi connectivity index (χ0v) is 18.3. The first-order valence-corrected chi connectivity index (χ1v) is 12.0. The number of carbonyl (C=O) groups is 1. The van der Waals surface area contributed by atoms with E-state index in [1.807, 2.05) is 55.6 Å². The van der Waals surface area contributed by atoms with Crippen molar-refractivity contribution in [3.63, 3.8) is 0 Å². The van der Waals surface area contributed by atoms with Gasteiger partial charge in [-0.05, 0) is 48.8 Å². The number of hydrogen-bond acceptors (Lipinski definition) is 5. The lowest BCUT2D eigenvalue weighted by Crippen LogP contribution is -2.30. The predicted octanol–water partition coefficient (Wildman–Crippen LogP) is 4.64. The third-order valence-electron chi connectivity index (χ3n) is 5.97. The van der Waals surface area contributed by atoms with Crippen molar-refractivity contribution in [1.82, 2.24) is 9.55 Å². The van der Waals surface area contributed by atoms with Gasteiger partial charge in [0.1, 0.15) is 12.4 Å². The number of nitrogens with zero attached hydrogens (tertiary/aromatic N) is 2. The minimum atomic E-state index is -4.14. The molecule has 0 saturated carbocycles. The Morgan fingerprint density at radius 1 is 1.13 bits per heavy atom. The van der Waals surface area contributed by atoms with Gasteiger partial charge in [0.05, 0.1) is 5.25 Å². The summed E-state index contributed by atoms with van der Waals surface area (Å²) in [5, 5.41) is -2.03. The van der Waals surface area contributed by atoms with Gasteiger partial charge in [-0.2, -0.15) is 0 Å². The largest absolute Gasteiger partial charge is 0.449 e. The Hall–Kier alpha value is -2.93. The van der Waals surface area contributed by atoms with Crippen LogP contribution in [-0.2, 0) is 34.1 Å². The van der Waals surface area contributed by atoms with Gasteiger partial charge in [-0.3, -0.25) is 0 Å². The van der Waals surface area contributed by atoms with E-state index in [4.69, 9.17) is 4.74 Å². The van der Waals surface area contributed by atoms with Gasteiger partial charge in [0.25, 0.3) is 9.84 Å². The van der Waals surface area contributed by atoms with Gasteiger partial charge in [-0.15, -0.1) is 0 Å². The van der Waals surface area contributed by atoms with E-state index in [1.54, 1.807) is 18.3 Å². The lowest BCUT2D eigenvalue weighted by atomic mass is 9.82. The van der Waals surface area contributed by atoms with Gasteiger partial charge in [0, 0.05) is 18.9 Å². The Labute approximate surface area is 182 Å². The van der Waals surface area contributed by atoms with Gasteiger partial charge >= 0.3 is 5.30 Å². The summed E-state index contributed by atoms with van der Waals surface area (Å²) >= 11 is 0. The number of sulfone groups is 1. The highest BCUT2D eigenvalue weighted by molar-refractivity contribution is 8.05. The van der Waals surface area contributed by atoms with Crippen LogP contribution in [0.15, 0.2) is 67.0 Å². The molecule has 0 radical (unpaired) electrons. The van der Waals surface area contributed by atoms with Crippen LogP contribution in [0, 0.1) is 12.8 Å². The van der Waals surface area contributed by atoms with Crippen LogP contribution >= 0.6 is 0 Å². The van der Waals surface area contributed by atoms with Crippen LogP contribution in [0.25, 0.3) is 0 Å². The maximum Gasteiger partial charge on any atom is 0.425 e. The number of aromatic nitrogens is 2. The minimum Gasteiger partial charge on any atom is -0.449 e. The van der Waals surface area contributed by atoms with Gasteiger partial charge in [0.2, 0.25) is 0 Å². The van der Waals surface area contributed by atoms with Crippen LogP contribution in [0.3, 0.4) is 0 Å². The molecular formula is C24H26N2O4S. The molecule has 0 fully saturated rings. The van der Waals surface area contributed by atoms with E-state index in [0.717, 1.165) is 36.3 Å². The van der Waals surface area contributed by atoms with Crippen LogP contribution in [0.1, 0.15) is 40.6 Å². The third-order valence-corrected chi connectivity index (χ3v) is 7.74. The van der Waals surface area contributed by atoms with Crippen molar-refractivity contribution in [3.8, 4) is 0 Å². The SMILES string of the molecule is Cc1nccn1CC[C@@H]1Cc2ccccc2C(S(=O)(=O)C(=O)OCc2ccccc2)C1. The average molecular weight is 439 g/mol. The fourth-order valence-electron chi connectivity index (χ4n) is 4.25. The molecule has 31 heavy (non-hydrogen) atoms. The van der Waals surface area contributed by atoms with Crippen molar-refractivity contribution in [1.29, 1.82) is 0 Å². The molecule has 2 atom stereocenters. The number of hydrogen-bond donors (Lipinski definition) is 0. The Bertz CT molecular complexity index is 1160. The molecule has 1 aromatic heterocycles. The molecular weight excluding hydrogens is 412 g/mol. The van der Waals surface area contributed by atoms with E-state index in [2.05, 4.69) is 9.55 Å². The Kier molecular flexibility index (Phi) is 6.23. The first-order valence-electron chi connectivity index (χ1n) is 10.5. The van der Waals surface area contributed by atoms with Crippen LogP contribution in [-0.4, -0.2) is 23.3 Å². The molecule has 0 N–H and O–H groups in total. The molecule has 1 aliphatic carbocycles. The summed E-state index contributed by atoms with van der Waals surface area (Å²) in [6.07, 6.45) is 5.72. The second-order valence-electron chi connectivity index (χ2n) is 8.02. The number of ether oxygens (including phenoxy) is 1. The normalized spacial score (nSPS) is 18.4. The summed E-state index contributed by atoms with van der Waals surface area (Å²) in [4.78, 5) is 16.9. The minimum absolute atomic E-state index is 0.0589. The first kappa shape index (κ1) is 21.3. The molecule has 0 aliphatic heterocycles. The summed E-state index contributed by atoms with van der Waals surface area (Å²) in [6.45, 7) is 2.66. The van der Waals surface area contributed by atoms with Gasteiger partial charge in [-0.1, -0.05) is 54.6 Å². The predicted molar refractivity (Wildman–Crippen MR) is 118 cm³/mol. The number of carbonyl (C=O) groups excluding carboxylic acids is 1. The molecule has 0 spiro atoms. The third kappa shape index (κ3) is 4.71. The summed E-state index contributed by atoms with van der Waals surface area (Å²) in [7, 11) is -4.14. The summed E-state index contributed by atoms with van der Waals surface area (Å²) in [5.74, 6) is 1.09. The zero-order valence-electron chi connectivity index (χ0n) is 17.5. The molecule has 6 nitrogen and oxygen atoms in total. The summed E-state index contributed by atoms with van der Waals surface area (Å²) in [5.41, 5.74) is 2.46. The molecule has 3 aromatic rings. The van der Waals surface area contributed by atoms with E-state index in [1.165, 1.54) is 0 Å². The van der Waals surface area contributed by atoms with Crippen molar-refractivity contribution in [2.75, 3.05) is 0 Å². The molecule has 162 valence electrons. The molecule has 0 saturated heterocycles. The molecule has 1 heterocycles. The molecule has 1 unspecified atom stereocenters. The van der Waals surface area contributed by atoms with Crippen LogP contribution < -0.4 is 0 Å². The van der Waals surface area contributed by atoms with Crippen LogP contribution in [0.4, 0.5) is 4.79 Å². The Balaban J connectivity index is 1.51. The molecule has 0 bridgehead atoms. The van der Waals surface area contributed by atoms with Crippen molar-refractivity contribution in [2.45, 2.75) is 44.6 Å². The molecule has 7 heteroatoms. The highest BCUT2D eigenvalue weighted by Crippen LogP contribution is 2.40. The molecule has 0 amide bonds. The summed E-state index contributed by atoms with van der Waals surface area (Å²) in [6, 6.07) is 16.6. The molecule has 1 aliphatic rings.